The van der Waals surface area contributed by atoms with E-state index < -0.39 is 0 Å². The first kappa shape index (κ1) is 16.6. The summed E-state index contributed by atoms with van der Waals surface area (Å²) < 4.78 is 11.1. The van der Waals surface area contributed by atoms with Gasteiger partial charge < -0.3 is 19.7 Å². The molecule has 0 amide bonds. The topological polar surface area (TPSA) is 46.1 Å². The molecule has 1 unspecified atom stereocenters. The zero-order chi connectivity index (χ0) is 15.6. The summed E-state index contributed by atoms with van der Waals surface area (Å²) in [4.78, 5) is 6.82. The van der Waals surface area contributed by atoms with Crippen LogP contribution in [0.3, 0.4) is 0 Å². The summed E-state index contributed by atoms with van der Waals surface area (Å²) >= 11 is 0. The maximum atomic E-state index is 5.67. The van der Waals surface area contributed by atoms with Crippen LogP contribution >= 0.6 is 0 Å². The second-order valence-corrected chi connectivity index (χ2v) is 5.51. The van der Waals surface area contributed by atoms with Gasteiger partial charge in [-0.05, 0) is 25.5 Å². The molecule has 0 bridgehead atoms. The van der Waals surface area contributed by atoms with E-state index in [4.69, 9.17) is 9.47 Å². The smallest absolute Gasteiger partial charge is 0.193 e. The molecule has 1 aliphatic rings. The maximum absolute atomic E-state index is 5.67. The van der Waals surface area contributed by atoms with Crippen molar-refractivity contribution in [1.29, 1.82) is 0 Å². The van der Waals surface area contributed by atoms with Gasteiger partial charge >= 0.3 is 0 Å². The number of guanidine groups is 1. The fourth-order valence-electron chi connectivity index (χ4n) is 2.50. The third kappa shape index (κ3) is 5.56. The lowest BCUT2D eigenvalue weighted by Crippen LogP contribution is -2.41. The van der Waals surface area contributed by atoms with Crippen molar-refractivity contribution in [1.82, 2.24) is 10.2 Å². The van der Waals surface area contributed by atoms with Gasteiger partial charge in [0.05, 0.1) is 13.2 Å². The summed E-state index contributed by atoms with van der Waals surface area (Å²) in [5.41, 5.74) is 0. The second kappa shape index (κ2) is 9.30. The minimum atomic E-state index is 0.583. The molecule has 1 aliphatic heterocycles. The summed E-state index contributed by atoms with van der Waals surface area (Å²) in [7, 11) is 2.08. The van der Waals surface area contributed by atoms with Crippen LogP contribution in [0.25, 0.3) is 0 Å². The summed E-state index contributed by atoms with van der Waals surface area (Å²) in [5.74, 6) is 2.43. The third-order valence-corrected chi connectivity index (χ3v) is 3.62. The molecule has 1 saturated heterocycles. The zero-order valence-corrected chi connectivity index (χ0v) is 13.6. The van der Waals surface area contributed by atoms with Gasteiger partial charge in [-0.3, -0.25) is 0 Å². The third-order valence-electron chi connectivity index (χ3n) is 3.62. The van der Waals surface area contributed by atoms with Gasteiger partial charge in [-0.2, -0.15) is 0 Å². The molecule has 5 heteroatoms. The zero-order valence-electron chi connectivity index (χ0n) is 13.6. The van der Waals surface area contributed by atoms with Crippen molar-refractivity contribution in [2.45, 2.75) is 13.3 Å². The Balaban J connectivity index is 1.78. The van der Waals surface area contributed by atoms with E-state index in [1.807, 2.05) is 30.3 Å². The molecule has 2 rings (SSSR count). The number of nitrogens with one attached hydrogen (secondary N) is 1. The van der Waals surface area contributed by atoms with Gasteiger partial charge in [0.2, 0.25) is 0 Å². The minimum absolute atomic E-state index is 0.583. The molecule has 0 radical (unpaired) electrons. The van der Waals surface area contributed by atoms with Gasteiger partial charge in [0.1, 0.15) is 12.4 Å². The van der Waals surface area contributed by atoms with Crippen LogP contribution < -0.4 is 10.1 Å². The Morgan fingerprint density at radius 3 is 2.91 bits per heavy atom. The number of benzene rings is 1. The van der Waals surface area contributed by atoms with Crippen molar-refractivity contribution in [2.75, 3.05) is 46.5 Å². The highest BCUT2D eigenvalue weighted by Gasteiger charge is 2.18. The molecule has 1 atom stereocenters. The Bertz CT molecular complexity index is 444. The number of aliphatic imine (C=N–C) groups is 1. The van der Waals surface area contributed by atoms with Crippen LogP contribution in [0.2, 0.25) is 0 Å². The molecule has 1 aromatic carbocycles. The molecule has 1 N–H and O–H groups in total. The average Bonchev–Trinajstić information content (AvgIpc) is 3.04. The van der Waals surface area contributed by atoms with Crippen molar-refractivity contribution >= 4 is 5.96 Å². The van der Waals surface area contributed by atoms with Crippen LogP contribution in [-0.4, -0.2) is 57.4 Å². The standard InChI is InChI=1S/C17H27N3O2/c1-3-18-17(20(2)13-15-9-11-21-14-15)19-10-12-22-16-7-5-4-6-8-16/h4-8,15H,3,9-14H2,1-2H3,(H,18,19). The van der Waals surface area contributed by atoms with E-state index >= 15 is 0 Å². The van der Waals surface area contributed by atoms with Gasteiger partial charge in [-0.15, -0.1) is 0 Å². The quantitative estimate of drug-likeness (QED) is 0.475. The molecule has 122 valence electrons. The molecular formula is C17H27N3O2. The fourth-order valence-corrected chi connectivity index (χ4v) is 2.50. The normalized spacial score (nSPS) is 18.3. The first-order chi connectivity index (χ1) is 10.8. The SMILES string of the molecule is CCNC(=NCCOc1ccccc1)N(C)CC1CCOC1. The van der Waals surface area contributed by atoms with Crippen molar-refractivity contribution in [3.8, 4) is 5.75 Å². The molecule has 1 aromatic rings. The van der Waals surface area contributed by atoms with Gasteiger partial charge in [0.15, 0.2) is 5.96 Å². The number of para-hydroxylation sites is 1. The van der Waals surface area contributed by atoms with Crippen LogP contribution in [0.5, 0.6) is 5.75 Å². The van der Waals surface area contributed by atoms with Crippen LogP contribution in [0.4, 0.5) is 0 Å². The highest BCUT2D eigenvalue weighted by molar-refractivity contribution is 5.79. The highest BCUT2D eigenvalue weighted by atomic mass is 16.5. The lowest BCUT2D eigenvalue weighted by atomic mass is 10.1. The van der Waals surface area contributed by atoms with Crippen LogP contribution in [0.1, 0.15) is 13.3 Å². The van der Waals surface area contributed by atoms with E-state index in [-0.39, 0.29) is 0 Å². The van der Waals surface area contributed by atoms with Crippen LogP contribution in [-0.2, 0) is 4.74 Å². The Kier molecular flexibility index (Phi) is 7.03. The number of rotatable bonds is 7. The molecule has 22 heavy (non-hydrogen) atoms. The average molecular weight is 305 g/mol. The van der Waals surface area contributed by atoms with E-state index in [1.54, 1.807) is 0 Å². The molecule has 5 nitrogen and oxygen atoms in total. The monoisotopic (exact) mass is 305 g/mol. The second-order valence-electron chi connectivity index (χ2n) is 5.51. The van der Waals surface area contributed by atoms with E-state index in [1.165, 1.54) is 0 Å². The molecule has 0 spiro atoms. The van der Waals surface area contributed by atoms with Crippen LogP contribution in [0, 0.1) is 5.92 Å². The summed E-state index contributed by atoms with van der Waals surface area (Å²) in [6.07, 6.45) is 1.14. The van der Waals surface area contributed by atoms with Gasteiger partial charge in [-0.25, -0.2) is 4.99 Å². The molecule has 0 saturated carbocycles. The first-order valence-corrected chi connectivity index (χ1v) is 8.04. The Morgan fingerprint density at radius 1 is 1.41 bits per heavy atom. The number of hydrogen-bond acceptors (Lipinski definition) is 3. The predicted octanol–water partition coefficient (Wildman–Crippen LogP) is 2.00. The van der Waals surface area contributed by atoms with Gasteiger partial charge in [-0.1, -0.05) is 18.2 Å². The lowest BCUT2D eigenvalue weighted by molar-refractivity contribution is 0.181. The maximum Gasteiger partial charge on any atom is 0.193 e. The predicted molar refractivity (Wildman–Crippen MR) is 89.5 cm³/mol. The molecule has 0 aliphatic carbocycles. The number of hydrogen-bond donors (Lipinski definition) is 1. The minimum Gasteiger partial charge on any atom is -0.492 e. The first-order valence-electron chi connectivity index (χ1n) is 8.04. The van der Waals surface area contributed by atoms with E-state index in [9.17, 15) is 0 Å². The number of ether oxygens (including phenoxy) is 2. The van der Waals surface area contributed by atoms with Crippen molar-refractivity contribution in [3.63, 3.8) is 0 Å². The van der Waals surface area contributed by atoms with Gasteiger partial charge in [0, 0.05) is 32.7 Å². The molecule has 0 aromatic heterocycles. The summed E-state index contributed by atoms with van der Waals surface area (Å²) in [6, 6.07) is 9.85. The summed E-state index contributed by atoms with van der Waals surface area (Å²) in [5, 5.41) is 3.33. The summed E-state index contributed by atoms with van der Waals surface area (Å²) in [6.45, 7) is 6.90. The Labute approximate surface area is 133 Å². The van der Waals surface area contributed by atoms with Crippen molar-refractivity contribution < 1.29 is 9.47 Å². The Morgan fingerprint density at radius 2 is 2.23 bits per heavy atom. The van der Waals surface area contributed by atoms with E-state index in [0.29, 0.717) is 19.1 Å². The van der Waals surface area contributed by atoms with E-state index in [2.05, 4.69) is 29.2 Å². The van der Waals surface area contributed by atoms with Crippen molar-refractivity contribution in [3.05, 3.63) is 30.3 Å². The lowest BCUT2D eigenvalue weighted by Gasteiger charge is -2.24. The fraction of sp³-hybridized carbons (Fsp3) is 0.588. The molecule has 1 heterocycles. The molecular weight excluding hydrogens is 278 g/mol. The Hall–Kier alpha value is -1.75. The van der Waals surface area contributed by atoms with Crippen LogP contribution in [0.15, 0.2) is 35.3 Å². The van der Waals surface area contributed by atoms with E-state index in [0.717, 1.165) is 44.4 Å². The highest BCUT2D eigenvalue weighted by Crippen LogP contribution is 2.13. The van der Waals surface area contributed by atoms with Gasteiger partial charge in [0.25, 0.3) is 0 Å². The number of nitrogens with zero attached hydrogens (tertiary/aromatic N) is 2. The molecule has 1 fully saturated rings. The largest absolute Gasteiger partial charge is 0.492 e. The van der Waals surface area contributed by atoms with Crippen molar-refractivity contribution in [2.24, 2.45) is 10.9 Å².